The Bertz CT molecular complexity index is 902. The molecule has 28 heavy (non-hydrogen) atoms. The summed E-state index contributed by atoms with van der Waals surface area (Å²) in [6.45, 7) is 4.78. The van der Waals surface area contributed by atoms with Gasteiger partial charge in [-0.25, -0.2) is 0 Å². The second-order valence-corrected chi connectivity index (χ2v) is 6.40. The fourth-order valence-electron chi connectivity index (χ4n) is 2.45. The predicted octanol–water partition coefficient (Wildman–Crippen LogP) is 4.80. The van der Waals surface area contributed by atoms with E-state index in [9.17, 15) is 10.1 Å². The summed E-state index contributed by atoms with van der Waals surface area (Å²) in [6, 6.07) is 12.4. The van der Waals surface area contributed by atoms with Gasteiger partial charge in [-0.3, -0.25) is 4.79 Å². The summed E-state index contributed by atoms with van der Waals surface area (Å²) in [4.78, 5) is 12.5. The molecule has 2 aromatic rings. The average Bonchev–Trinajstić information content (AvgIpc) is 2.68. The number of anilines is 1. The molecule has 0 saturated heterocycles. The van der Waals surface area contributed by atoms with Crippen LogP contribution in [0.2, 0.25) is 0 Å². The molecular weight excluding hydrogens is 424 g/mol. The second kappa shape index (κ2) is 10.4. The first kappa shape index (κ1) is 21.3. The molecule has 1 amide bonds. The van der Waals surface area contributed by atoms with E-state index in [4.69, 9.17) is 14.2 Å². The SMILES string of the molecule is CCOc1ccc(NC(=O)/C(C#N)=C/c2cc(Br)c(OC)c(OCC)c2)cc1. The van der Waals surface area contributed by atoms with Crippen molar-refractivity contribution >= 4 is 33.6 Å². The molecule has 0 aliphatic heterocycles. The van der Waals surface area contributed by atoms with Crippen molar-refractivity contribution in [1.82, 2.24) is 0 Å². The molecule has 2 rings (SSSR count). The quantitative estimate of drug-likeness (QED) is 0.467. The predicted molar refractivity (Wildman–Crippen MR) is 112 cm³/mol. The van der Waals surface area contributed by atoms with Crippen molar-refractivity contribution in [2.24, 2.45) is 0 Å². The number of methoxy groups -OCH3 is 1. The maximum atomic E-state index is 12.5. The molecule has 0 radical (unpaired) electrons. The maximum absolute atomic E-state index is 12.5. The van der Waals surface area contributed by atoms with Gasteiger partial charge in [0.05, 0.1) is 24.8 Å². The third-order valence-corrected chi connectivity index (χ3v) is 4.22. The number of ether oxygens (including phenoxy) is 3. The van der Waals surface area contributed by atoms with E-state index < -0.39 is 5.91 Å². The number of rotatable bonds is 8. The minimum Gasteiger partial charge on any atom is -0.494 e. The summed E-state index contributed by atoms with van der Waals surface area (Å²) in [5, 5.41) is 12.1. The lowest BCUT2D eigenvalue weighted by Gasteiger charge is -2.12. The molecule has 0 fully saturated rings. The Morgan fingerprint density at radius 3 is 2.43 bits per heavy atom. The highest BCUT2D eigenvalue weighted by molar-refractivity contribution is 9.10. The van der Waals surface area contributed by atoms with Gasteiger partial charge in [-0.15, -0.1) is 0 Å². The topological polar surface area (TPSA) is 80.6 Å². The number of hydrogen-bond acceptors (Lipinski definition) is 5. The highest BCUT2D eigenvalue weighted by Gasteiger charge is 2.14. The fraction of sp³-hybridized carbons (Fsp3) is 0.238. The molecule has 0 heterocycles. The van der Waals surface area contributed by atoms with E-state index in [0.717, 1.165) is 0 Å². The Morgan fingerprint density at radius 2 is 1.86 bits per heavy atom. The standard InChI is InChI=1S/C21H21BrN2O4/c1-4-27-17-8-6-16(7-9-17)24-21(25)15(13-23)10-14-11-18(22)20(26-3)19(12-14)28-5-2/h6-12H,4-5H2,1-3H3,(H,24,25)/b15-10+. The van der Waals surface area contributed by atoms with Crippen LogP contribution in [0.4, 0.5) is 5.69 Å². The van der Waals surface area contributed by atoms with Gasteiger partial charge >= 0.3 is 0 Å². The van der Waals surface area contributed by atoms with E-state index in [1.165, 1.54) is 6.08 Å². The van der Waals surface area contributed by atoms with E-state index in [1.54, 1.807) is 43.5 Å². The molecule has 0 saturated carbocycles. The zero-order chi connectivity index (χ0) is 20.5. The van der Waals surface area contributed by atoms with Gasteiger partial charge in [0, 0.05) is 5.69 Å². The summed E-state index contributed by atoms with van der Waals surface area (Å²) in [5.41, 5.74) is 1.17. The van der Waals surface area contributed by atoms with Crippen LogP contribution in [0.5, 0.6) is 17.2 Å². The van der Waals surface area contributed by atoms with Gasteiger partial charge in [-0.1, -0.05) is 0 Å². The highest BCUT2D eigenvalue weighted by atomic mass is 79.9. The first-order valence-corrected chi connectivity index (χ1v) is 9.48. The van der Waals surface area contributed by atoms with E-state index in [1.807, 2.05) is 19.9 Å². The van der Waals surface area contributed by atoms with Gasteiger partial charge < -0.3 is 19.5 Å². The lowest BCUT2D eigenvalue weighted by molar-refractivity contribution is -0.112. The van der Waals surface area contributed by atoms with Gasteiger partial charge in [-0.2, -0.15) is 5.26 Å². The molecule has 0 aliphatic rings. The number of carbonyl (C=O) groups excluding carboxylic acids is 1. The number of carbonyl (C=O) groups is 1. The van der Waals surface area contributed by atoms with Gasteiger partial charge in [0.25, 0.3) is 5.91 Å². The number of halogens is 1. The van der Waals surface area contributed by atoms with E-state index in [2.05, 4.69) is 21.2 Å². The minimum absolute atomic E-state index is 0.0339. The van der Waals surface area contributed by atoms with Gasteiger partial charge in [0.1, 0.15) is 17.4 Å². The van der Waals surface area contributed by atoms with Crippen LogP contribution in [-0.4, -0.2) is 26.2 Å². The summed E-state index contributed by atoms with van der Waals surface area (Å²) in [5.74, 6) is 1.28. The van der Waals surface area contributed by atoms with Gasteiger partial charge in [-0.05, 0) is 77.8 Å². The zero-order valence-corrected chi connectivity index (χ0v) is 17.5. The molecule has 0 aromatic heterocycles. The number of hydrogen-bond donors (Lipinski definition) is 1. The normalized spacial score (nSPS) is 10.8. The molecule has 6 nitrogen and oxygen atoms in total. The van der Waals surface area contributed by atoms with Gasteiger partial charge in [0.2, 0.25) is 0 Å². The van der Waals surface area contributed by atoms with E-state index in [-0.39, 0.29) is 5.57 Å². The summed E-state index contributed by atoms with van der Waals surface area (Å²) < 4.78 is 16.9. The fourth-order valence-corrected chi connectivity index (χ4v) is 3.07. The molecule has 0 bridgehead atoms. The maximum Gasteiger partial charge on any atom is 0.266 e. The average molecular weight is 445 g/mol. The lowest BCUT2D eigenvalue weighted by Crippen LogP contribution is -2.13. The van der Waals surface area contributed by atoms with Crippen LogP contribution in [0, 0.1) is 11.3 Å². The van der Waals surface area contributed by atoms with Crippen molar-refractivity contribution in [3.63, 3.8) is 0 Å². The molecule has 2 aromatic carbocycles. The second-order valence-electron chi connectivity index (χ2n) is 5.55. The van der Waals surface area contributed by atoms with Gasteiger partial charge in [0.15, 0.2) is 11.5 Å². The highest BCUT2D eigenvalue weighted by Crippen LogP contribution is 2.37. The smallest absolute Gasteiger partial charge is 0.266 e. The first-order valence-electron chi connectivity index (χ1n) is 8.68. The van der Waals surface area contributed by atoms with E-state index in [0.29, 0.717) is 46.2 Å². The van der Waals surface area contributed by atoms with Crippen LogP contribution in [0.15, 0.2) is 46.4 Å². The van der Waals surface area contributed by atoms with Crippen molar-refractivity contribution in [3.8, 4) is 23.3 Å². The zero-order valence-electron chi connectivity index (χ0n) is 15.9. The molecule has 146 valence electrons. The van der Waals surface area contributed by atoms with E-state index >= 15 is 0 Å². The third kappa shape index (κ3) is 5.51. The molecule has 0 aliphatic carbocycles. The van der Waals surface area contributed by atoms with Crippen LogP contribution in [-0.2, 0) is 4.79 Å². The van der Waals surface area contributed by atoms with Crippen LogP contribution in [0.3, 0.4) is 0 Å². The number of nitrogens with one attached hydrogen (secondary N) is 1. The Balaban J connectivity index is 2.25. The molecular formula is C21H21BrN2O4. The summed E-state index contributed by atoms with van der Waals surface area (Å²) in [7, 11) is 1.54. The minimum atomic E-state index is -0.503. The van der Waals surface area contributed by atoms with Crippen molar-refractivity contribution in [2.75, 3.05) is 25.6 Å². The molecule has 0 atom stereocenters. The molecule has 0 unspecified atom stereocenters. The Hall–Kier alpha value is -2.98. The van der Waals surface area contributed by atoms with Crippen molar-refractivity contribution in [2.45, 2.75) is 13.8 Å². The lowest BCUT2D eigenvalue weighted by atomic mass is 10.1. The van der Waals surface area contributed by atoms with Crippen LogP contribution >= 0.6 is 15.9 Å². The molecule has 1 N–H and O–H groups in total. The summed E-state index contributed by atoms with van der Waals surface area (Å²) in [6.07, 6.45) is 1.50. The largest absolute Gasteiger partial charge is 0.494 e. The number of nitriles is 1. The van der Waals surface area contributed by atoms with Crippen LogP contribution in [0.1, 0.15) is 19.4 Å². The van der Waals surface area contributed by atoms with Crippen molar-refractivity contribution < 1.29 is 19.0 Å². The third-order valence-electron chi connectivity index (χ3n) is 3.64. The Labute approximate surface area is 172 Å². The Kier molecular flexibility index (Phi) is 7.90. The first-order chi connectivity index (χ1) is 13.5. The van der Waals surface area contributed by atoms with Crippen LogP contribution < -0.4 is 19.5 Å². The van der Waals surface area contributed by atoms with Crippen molar-refractivity contribution in [3.05, 3.63) is 52.0 Å². The van der Waals surface area contributed by atoms with Crippen molar-refractivity contribution in [1.29, 1.82) is 5.26 Å². The Morgan fingerprint density at radius 1 is 1.18 bits per heavy atom. The summed E-state index contributed by atoms with van der Waals surface area (Å²) >= 11 is 3.42. The monoisotopic (exact) mass is 444 g/mol. The number of amides is 1. The van der Waals surface area contributed by atoms with Crippen LogP contribution in [0.25, 0.3) is 6.08 Å². The molecule has 7 heteroatoms. The number of nitrogens with zero attached hydrogens (tertiary/aromatic N) is 1. The number of benzene rings is 2. The molecule has 0 spiro atoms.